The number of benzene rings is 2. The number of alkyl halides is 2. The Balaban J connectivity index is 0.00000361. The Kier molecular flexibility index (Phi) is 14.2. The number of halogens is 5. The number of hydrogen-bond acceptors (Lipinski definition) is 5. The molecule has 3 rings (SSSR count). The van der Waals surface area contributed by atoms with Gasteiger partial charge in [0.15, 0.2) is 0 Å². The number of carbonyl (C=O) groups excluding carboxylic acids is 1. The van der Waals surface area contributed by atoms with Crippen LogP contribution in [0.3, 0.4) is 0 Å². The number of rotatable bonds is 13. The molecule has 38 heavy (non-hydrogen) atoms. The highest BCUT2D eigenvalue weighted by atomic mass is 35.5. The Hall–Kier alpha value is -2.30. The molecule has 13 heteroatoms. The molecule has 3 aromatic rings. The maximum atomic E-state index is 13.1. The molecule has 1 aromatic heterocycles. The molecule has 0 saturated carbocycles. The summed E-state index contributed by atoms with van der Waals surface area (Å²) in [4.78, 5) is 31.1. The van der Waals surface area contributed by atoms with E-state index in [0.717, 1.165) is 22.5 Å². The van der Waals surface area contributed by atoms with E-state index < -0.39 is 29.8 Å². The fraction of sp³-hybridized carbons (Fsp3) is 0.400. The molecule has 0 aliphatic rings. The van der Waals surface area contributed by atoms with Crippen LogP contribution < -0.4 is 16.0 Å². The van der Waals surface area contributed by atoms with E-state index in [-0.39, 0.29) is 37.7 Å². The van der Waals surface area contributed by atoms with E-state index in [4.69, 9.17) is 33.9 Å². The van der Waals surface area contributed by atoms with E-state index in [9.17, 15) is 19.1 Å². The van der Waals surface area contributed by atoms with Crippen molar-refractivity contribution in [2.24, 2.45) is 12.8 Å². The molecule has 4 N–H and O–H groups in total. The molecule has 0 radical (unpaired) electrons. The minimum Gasteiger partial charge on any atom is -0.480 e. The maximum Gasteiger partial charge on any atom is 0.326 e. The lowest BCUT2D eigenvalue weighted by Crippen LogP contribution is -2.49. The molecule has 0 fully saturated rings. The van der Waals surface area contributed by atoms with Gasteiger partial charge in [0, 0.05) is 50.4 Å². The number of carboxylic acid groups (broad SMARTS) is 1. The monoisotopic (exact) mass is 609 g/mol. The molecule has 2 unspecified atom stereocenters. The van der Waals surface area contributed by atoms with E-state index in [0.29, 0.717) is 36.8 Å². The summed E-state index contributed by atoms with van der Waals surface area (Å²) in [6.07, 6.45) is 0.729. The van der Waals surface area contributed by atoms with Gasteiger partial charge in [-0.15, -0.1) is 48.0 Å². The van der Waals surface area contributed by atoms with E-state index >= 15 is 0 Å². The zero-order valence-electron chi connectivity index (χ0n) is 20.8. The number of anilines is 1. The number of amides is 1. The Bertz CT molecular complexity index is 1190. The van der Waals surface area contributed by atoms with Gasteiger partial charge in [0.25, 0.3) is 0 Å². The highest BCUT2D eigenvalue weighted by Gasteiger charge is 2.24. The molecule has 1 heterocycles. The molecular formula is C25H32Cl4FN5O3. The van der Waals surface area contributed by atoms with Crippen LogP contribution in [0.2, 0.25) is 0 Å². The van der Waals surface area contributed by atoms with Crippen LogP contribution in [0.1, 0.15) is 17.8 Å². The molecule has 0 aliphatic carbocycles. The van der Waals surface area contributed by atoms with Crippen LogP contribution in [0, 0.1) is 5.82 Å². The van der Waals surface area contributed by atoms with Crippen LogP contribution in [0.4, 0.5) is 10.1 Å². The molecule has 0 bridgehead atoms. The van der Waals surface area contributed by atoms with Crippen molar-refractivity contribution in [1.82, 2.24) is 14.9 Å². The van der Waals surface area contributed by atoms with Crippen molar-refractivity contribution in [3.8, 4) is 0 Å². The molecule has 0 spiro atoms. The summed E-state index contributed by atoms with van der Waals surface area (Å²) in [6.45, 7) is 1.34. The topological polar surface area (TPSA) is 113 Å². The molecule has 0 aliphatic heterocycles. The molecule has 1 amide bonds. The normalized spacial score (nSPS) is 12.2. The Labute approximate surface area is 243 Å². The number of aromatic nitrogens is 2. The minimum atomic E-state index is -1.19. The first kappa shape index (κ1) is 33.7. The molecule has 2 aromatic carbocycles. The number of nitrogens with two attached hydrogens (primary N) is 1. The molecular weight excluding hydrogens is 579 g/mol. The van der Waals surface area contributed by atoms with E-state index in [1.165, 1.54) is 24.3 Å². The highest BCUT2D eigenvalue weighted by Crippen LogP contribution is 2.23. The summed E-state index contributed by atoms with van der Waals surface area (Å²) in [7, 11) is 1.90. The van der Waals surface area contributed by atoms with Crippen LogP contribution in [0.15, 0.2) is 42.5 Å². The molecule has 210 valence electrons. The van der Waals surface area contributed by atoms with Crippen LogP contribution in [0.5, 0.6) is 0 Å². The largest absolute Gasteiger partial charge is 0.480 e. The van der Waals surface area contributed by atoms with Crippen LogP contribution in [0.25, 0.3) is 11.0 Å². The van der Waals surface area contributed by atoms with Gasteiger partial charge >= 0.3 is 5.97 Å². The van der Waals surface area contributed by atoms with E-state index in [1.54, 1.807) is 0 Å². The van der Waals surface area contributed by atoms with Gasteiger partial charge in [-0.25, -0.2) is 14.2 Å². The quantitative estimate of drug-likeness (QED) is 0.253. The van der Waals surface area contributed by atoms with Crippen molar-refractivity contribution in [3.63, 3.8) is 0 Å². The van der Waals surface area contributed by atoms with Gasteiger partial charge < -0.3 is 25.6 Å². The standard InChI is InChI=1S/C25H30Cl2FN5O3.2ClH/c1-32-22-8-6-18(33(12-10-26)13-11-27)15-20(22)30-23(32)9-7-19(29)24(34)31-21(25(35)36)14-16-2-4-17(28)5-3-16;;/h2-6,8,15,19,21H,7,9-14,29H2,1H3,(H,31,34)(H,35,36);2*1H. The molecule has 0 saturated heterocycles. The van der Waals surface area contributed by atoms with E-state index in [2.05, 4.69) is 10.2 Å². The Morgan fingerprint density at radius 2 is 1.76 bits per heavy atom. The third kappa shape index (κ3) is 8.88. The average molecular weight is 611 g/mol. The first-order chi connectivity index (χ1) is 17.2. The van der Waals surface area contributed by atoms with Gasteiger partial charge in [0.1, 0.15) is 17.7 Å². The van der Waals surface area contributed by atoms with Crippen LogP contribution in [-0.4, -0.2) is 63.5 Å². The zero-order valence-corrected chi connectivity index (χ0v) is 23.9. The Morgan fingerprint density at radius 3 is 2.34 bits per heavy atom. The summed E-state index contributed by atoms with van der Waals surface area (Å²) in [6, 6.07) is 9.33. The number of hydrogen-bond donors (Lipinski definition) is 3. The first-order valence-corrected chi connectivity index (χ1v) is 12.7. The van der Waals surface area contributed by atoms with Crippen molar-refractivity contribution >= 4 is 76.6 Å². The smallest absolute Gasteiger partial charge is 0.326 e. The summed E-state index contributed by atoms with van der Waals surface area (Å²) >= 11 is 11.9. The third-order valence-electron chi connectivity index (χ3n) is 6.01. The van der Waals surface area contributed by atoms with Gasteiger partial charge in [0.2, 0.25) is 5.91 Å². The van der Waals surface area contributed by atoms with Crippen molar-refractivity contribution in [3.05, 3.63) is 59.7 Å². The van der Waals surface area contributed by atoms with Crippen LogP contribution in [-0.2, 0) is 29.5 Å². The highest BCUT2D eigenvalue weighted by molar-refractivity contribution is 6.18. The lowest BCUT2D eigenvalue weighted by Gasteiger charge is -2.22. The lowest BCUT2D eigenvalue weighted by molar-refractivity contribution is -0.142. The number of carbonyl (C=O) groups is 2. The summed E-state index contributed by atoms with van der Waals surface area (Å²) in [5.74, 6) is -0.457. The fourth-order valence-electron chi connectivity index (χ4n) is 3.98. The predicted octanol–water partition coefficient (Wildman–Crippen LogP) is 3.91. The fourth-order valence-corrected chi connectivity index (χ4v) is 4.39. The molecule has 2 atom stereocenters. The van der Waals surface area contributed by atoms with Gasteiger partial charge in [-0.05, 0) is 42.3 Å². The predicted molar refractivity (Wildman–Crippen MR) is 155 cm³/mol. The number of carboxylic acids is 1. The summed E-state index contributed by atoms with van der Waals surface area (Å²) < 4.78 is 15.1. The van der Waals surface area contributed by atoms with Gasteiger partial charge in [-0.2, -0.15) is 0 Å². The van der Waals surface area contributed by atoms with Crippen molar-refractivity contribution in [2.45, 2.75) is 31.3 Å². The number of aliphatic carboxylic acids is 1. The van der Waals surface area contributed by atoms with Gasteiger partial charge in [0.05, 0.1) is 17.1 Å². The second-order valence-electron chi connectivity index (χ2n) is 8.50. The SMILES string of the molecule is Cl.Cl.Cn1c(CCC(N)C(=O)NC(Cc2ccc(F)cc2)C(=O)O)nc2cc(N(CCCl)CCCl)ccc21. The summed E-state index contributed by atoms with van der Waals surface area (Å²) in [5.41, 5.74) is 9.39. The van der Waals surface area contributed by atoms with Crippen molar-refractivity contribution < 1.29 is 19.1 Å². The second kappa shape index (κ2) is 16.0. The number of aryl methyl sites for hydroxylation is 2. The van der Waals surface area contributed by atoms with Gasteiger partial charge in [-0.3, -0.25) is 4.79 Å². The van der Waals surface area contributed by atoms with Crippen molar-refractivity contribution in [1.29, 1.82) is 0 Å². The summed E-state index contributed by atoms with van der Waals surface area (Å²) in [5, 5.41) is 12.0. The Morgan fingerprint density at radius 1 is 1.13 bits per heavy atom. The second-order valence-corrected chi connectivity index (χ2v) is 9.26. The average Bonchev–Trinajstić information content (AvgIpc) is 3.17. The van der Waals surface area contributed by atoms with Gasteiger partial charge in [-0.1, -0.05) is 12.1 Å². The van der Waals surface area contributed by atoms with Crippen molar-refractivity contribution in [2.75, 3.05) is 29.7 Å². The number of nitrogens with one attached hydrogen (secondary N) is 1. The minimum absolute atomic E-state index is 0. The number of fused-ring (bicyclic) bond motifs is 1. The third-order valence-corrected chi connectivity index (χ3v) is 6.35. The maximum absolute atomic E-state index is 13.1. The first-order valence-electron chi connectivity index (χ1n) is 11.6. The lowest BCUT2D eigenvalue weighted by atomic mass is 10.0. The zero-order chi connectivity index (χ0) is 26.2. The van der Waals surface area contributed by atoms with Crippen LogP contribution >= 0.6 is 48.0 Å². The number of imidazole rings is 1. The number of nitrogens with zero attached hydrogens (tertiary/aromatic N) is 3. The van der Waals surface area contributed by atoms with E-state index in [1.807, 2.05) is 29.8 Å². The molecule has 8 nitrogen and oxygen atoms in total.